The van der Waals surface area contributed by atoms with E-state index in [1.807, 2.05) is 11.8 Å². The molecule has 3 heteroatoms. The van der Waals surface area contributed by atoms with E-state index in [4.69, 9.17) is 0 Å². The molecule has 0 bridgehead atoms. The number of unbranched alkanes of at least 4 members (excludes halogenated alkanes) is 12. The van der Waals surface area contributed by atoms with E-state index < -0.39 is 0 Å². The highest BCUT2D eigenvalue weighted by Gasteiger charge is 2.14. The molecule has 2 atom stereocenters. The normalized spacial score (nSPS) is 12.9. The van der Waals surface area contributed by atoms with Crippen molar-refractivity contribution in [2.45, 2.75) is 152 Å². The molecule has 0 aromatic heterocycles. The van der Waals surface area contributed by atoms with Gasteiger partial charge in [0.25, 0.3) is 0 Å². The van der Waals surface area contributed by atoms with Gasteiger partial charge in [0.05, 0.1) is 11.4 Å². The van der Waals surface area contributed by atoms with Crippen LogP contribution in [-0.2, 0) is 0 Å². The quantitative estimate of drug-likeness (QED) is 0.150. The largest absolute Gasteiger partial charge is 0.381 e. The van der Waals surface area contributed by atoms with Gasteiger partial charge in [-0.1, -0.05) is 140 Å². The molecule has 2 N–H and O–H groups in total. The van der Waals surface area contributed by atoms with Gasteiger partial charge in [0.2, 0.25) is 0 Å². The first kappa shape index (κ1) is 31.6. The van der Waals surface area contributed by atoms with Gasteiger partial charge in [-0.15, -0.1) is 0 Å². The summed E-state index contributed by atoms with van der Waals surface area (Å²) in [5, 5.41) is 7.80. The van der Waals surface area contributed by atoms with Gasteiger partial charge in [-0.05, 0) is 51.0 Å². The second kappa shape index (κ2) is 20.4. The van der Waals surface area contributed by atoms with Crippen molar-refractivity contribution in [1.29, 1.82) is 0 Å². The van der Waals surface area contributed by atoms with Crippen molar-refractivity contribution in [1.82, 2.24) is 0 Å². The zero-order chi connectivity index (χ0) is 26.6. The molecule has 0 heterocycles. The van der Waals surface area contributed by atoms with E-state index in [0.29, 0.717) is 12.1 Å². The van der Waals surface area contributed by atoms with Crippen LogP contribution in [0.3, 0.4) is 0 Å². The molecule has 0 aliphatic carbocycles. The molecule has 0 saturated heterocycles. The molecule has 0 amide bonds. The van der Waals surface area contributed by atoms with Crippen LogP contribution in [0.5, 0.6) is 0 Å². The number of hydrogen-bond acceptors (Lipinski definition) is 3. The lowest BCUT2D eigenvalue weighted by molar-refractivity contribution is 0.556. The van der Waals surface area contributed by atoms with Crippen LogP contribution in [0.4, 0.5) is 11.4 Å². The number of rotatable bonds is 22. The van der Waals surface area contributed by atoms with Crippen LogP contribution in [0, 0.1) is 0 Å². The van der Waals surface area contributed by atoms with E-state index in [1.54, 1.807) is 0 Å². The summed E-state index contributed by atoms with van der Waals surface area (Å²) in [6.07, 6.45) is 21.6. The van der Waals surface area contributed by atoms with E-state index in [9.17, 15) is 0 Å². The Morgan fingerprint density at radius 2 is 1.08 bits per heavy atom. The second-order valence-corrected chi connectivity index (χ2v) is 12.1. The van der Waals surface area contributed by atoms with Crippen molar-refractivity contribution in [2.24, 2.45) is 0 Å². The smallest absolute Gasteiger partial charge is 0.0719 e. The molecule has 2 unspecified atom stereocenters. The maximum Gasteiger partial charge on any atom is 0.0719 e. The molecule has 208 valence electrons. The molecule has 0 spiro atoms. The minimum atomic E-state index is 0.465. The van der Waals surface area contributed by atoms with Gasteiger partial charge in [-0.25, -0.2) is 0 Å². The Labute approximate surface area is 234 Å². The van der Waals surface area contributed by atoms with Crippen LogP contribution in [0.15, 0.2) is 58.3 Å². The van der Waals surface area contributed by atoms with Crippen LogP contribution in [0.25, 0.3) is 0 Å². The highest BCUT2D eigenvalue weighted by atomic mass is 32.2. The highest BCUT2D eigenvalue weighted by molar-refractivity contribution is 7.99. The minimum Gasteiger partial charge on any atom is -0.381 e. The fourth-order valence-corrected chi connectivity index (χ4v) is 5.94. The molecule has 2 aromatic carbocycles. The Kier molecular flexibility index (Phi) is 17.4. The number of anilines is 2. The van der Waals surface area contributed by atoms with Gasteiger partial charge in [0.15, 0.2) is 0 Å². The van der Waals surface area contributed by atoms with Gasteiger partial charge in [-0.2, -0.15) is 0 Å². The minimum absolute atomic E-state index is 0.465. The first-order valence-corrected chi connectivity index (χ1v) is 16.3. The maximum atomic E-state index is 3.93. The SMILES string of the molecule is CCCCCCCCCC(C)Nc1cccc(Sc2ccccc2)c1NC(C)CCCCCCCCC. The molecule has 2 aromatic rings. The van der Waals surface area contributed by atoms with Crippen LogP contribution >= 0.6 is 11.8 Å². The summed E-state index contributed by atoms with van der Waals surface area (Å²) < 4.78 is 0. The molecule has 0 saturated carbocycles. The fourth-order valence-electron chi connectivity index (χ4n) is 4.97. The summed E-state index contributed by atoms with van der Waals surface area (Å²) in [4.78, 5) is 2.60. The number of benzene rings is 2. The Morgan fingerprint density at radius 1 is 0.568 bits per heavy atom. The summed E-state index contributed by atoms with van der Waals surface area (Å²) in [5.41, 5.74) is 2.53. The Hall–Kier alpha value is -1.61. The van der Waals surface area contributed by atoms with Crippen LogP contribution in [-0.4, -0.2) is 12.1 Å². The van der Waals surface area contributed by atoms with Gasteiger partial charge in [0.1, 0.15) is 0 Å². The van der Waals surface area contributed by atoms with E-state index in [0.717, 1.165) is 0 Å². The zero-order valence-electron chi connectivity index (χ0n) is 24.5. The molecule has 37 heavy (non-hydrogen) atoms. The summed E-state index contributed by atoms with van der Waals surface area (Å²) in [6.45, 7) is 9.29. The van der Waals surface area contributed by atoms with Crippen molar-refractivity contribution < 1.29 is 0 Å². The lowest BCUT2D eigenvalue weighted by Gasteiger charge is -2.24. The molecular weight excluding hydrogens is 468 g/mol. The van der Waals surface area contributed by atoms with Crippen molar-refractivity contribution in [3.63, 3.8) is 0 Å². The Bertz CT molecular complexity index is 807. The highest BCUT2D eigenvalue weighted by Crippen LogP contribution is 2.39. The molecular formula is C34H56N2S. The molecule has 2 nitrogen and oxygen atoms in total. The third kappa shape index (κ3) is 14.2. The molecule has 0 aliphatic rings. The zero-order valence-corrected chi connectivity index (χ0v) is 25.3. The third-order valence-corrected chi connectivity index (χ3v) is 8.34. The van der Waals surface area contributed by atoms with E-state index in [1.165, 1.54) is 124 Å². The van der Waals surface area contributed by atoms with Crippen LogP contribution < -0.4 is 10.6 Å². The standard InChI is InChI=1S/C34H56N2S/c1-5-7-9-11-13-15-18-23-29(3)35-32-27-22-28-33(37-31-25-20-17-21-26-31)34(32)36-30(4)24-19-16-14-12-10-8-6-2/h17,20-22,25-30,35-36H,5-16,18-19,23-24H2,1-4H3. The summed E-state index contributed by atoms with van der Waals surface area (Å²) in [6, 6.07) is 18.5. The first-order valence-electron chi connectivity index (χ1n) is 15.5. The lowest BCUT2D eigenvalue weighted by Crippen LogP contribution is -2.20. The molecule has 0 radical (unpaired) electrons. The average Bonchev–Trinajstić information content (AvgIpc) is 2.90. The van der Waals surface area contributed by atoms with Crippen molar-refractivity contribution >= 4 is 23.1 Å². The van der Waals surface area contributed by atoms with E-state index in [2.05, 4.69) is 86.9 Å². The van der Waals surface area contributed by atoms with Crippen molar-refractivity contribution in [3.05, 3.63) is 48.5 Å². The predicted octanol–water partition coefficient (Wildman–Crippen LogP) is 11.7. The predicted molar refractivity (Wildman–Crippen MR) is 168 cm³/mol. The number of hydrogen-bond donors (Lipinski definition) is 2. The summed E-state index contributed by atoms with van der Waals surface area (Å²) in [7, 11) is 0. The Morgan fingerprint density at radius 3 is 1.65 bits per heavy atom. The number of para-hydroxylation sites is 1. The van der Waals surface area contributed by atoms with Crippen molar-refractivity contribution in [3.8, 4) is 0 Å². The van der Waals surface area contributed by atoms with Crippen molar-refractivity contribution in [2.75, 3.05) is 10.6 Å². The summed E-state index contributed by atoms with van der Waals surface area (Å²) in [5.74, 6) is 0. The Balaban J connectivity index is 1.94. The lowest BCUT2D eigenvalue weighted by atomic mass is 10.0. The van der Waals surface area contributed by atoms with E-state index >= 15 is 0 Å². The monoisotopic (exact) mass is 524 g/mol. The molecule has 0 aliphatic heterocycles. The summed E-state index contributed by atoms with van der Waals surface area (Å²) >= 11 is 1.87. The fraction of sp³-hybridized carbons (Fsp3) is 0.647. The maximum absolute atomic E-state index is 3.93. The average molecular weight is 525 g/mol. The topological polar surface area (TPSA) is 24.1 Å². The molecule has 0 fully saturated rings. The first-order chi connectivity index (χ1) is 18.1. The van der Waals surface area contributed by atoms with Crippen LogP contribution in [0.1, 0.15) is 130 Å². The van der Waals surface area contributed by atoms with Gasteiger partial charge < -0.3 is 10.6 Å². The van der Waals surface area contributed by atoms with E-state index in [-0.39, 0.29) is 0 Å². The second-order valence-electron chi connectivity index (χ2n) is 11.0. The molecule has 2 rings (SSSR count). The van der Waals surface area contributed by atoms with Gasteiger partial charge >= 0.3 is 0 Å². The number of nitrogens with one attached hydrogen (secondary N) is 2. The third-order valence-electron chi connectivity index (χ3n) is 7.27. The van der Waals surface area contributed by atoms with Gasteiger partial charge in [0, 0.05) is 21.9 Å². The van der Waals surface area contributed by atoms with Gasteiger partial charge in [-0.3, -0.25) is 0 Å². The van der Waals surface area contributed by atoms with Crippen LogP contribution in [0.2, 0.25) is 0 Å².